The first-order valence-corrected chi connectivity index (χ1v) is 8.82. The molecule has 2 aromatic heterocycles. The highest BCUT2D eigenvalue weighted by Gasteiger charge is 2.18. The van der Waals surface area contributed by atoms with Gasteiger partial charge in [-0.1, -0.05) is 54.6 Å². The van der Waals surface area contributed by atoms with Gasteiger partial charge >= 0.3 is 5.97 Å². The molecule has 0 atom stereocenters. The zero-order valence-electron chi connectivity index (χ0n) is 15.0. The van der Waals surface area contributed by atoms with Gasteiger partial charge < -0.3 is 4.74 Å². The number of aromatic nitrogens is 3. The summed E-state index contributed by atoms with van der Waals surface area (Å²) in [5, 5.41) is 5.23. The average Bonchev–Trinajstić information content (AvgIpc) is 2.75. The summed E-state index contributed by atoms with van der Waals surface area (Å²) < 4.78 is 6.71. The smallest absolute Gasteiger partial charge is 0.359 e. The number of carbonyl (C=O) groups is 1. The molecule has 28 heavy (non-hydrogen) atoms. The van der Waals surface area contributed by atoms with Crippen molar-refractivity contribution in [2.45, 2.75) is 13.2 Å². The van der Waals surface area contributed by atoms with Crippen LogP contribution in [-0.4, -0.2) is 20.7 Å². The summed E-state index contributed by atoms with van der Waals surface area (Å²) in [5.41, 5.74) is 1.57. The Bertz CT molecular complexity index is 1170. The van der Waals surface area contributed by atoms with Crippen molar-refractivity contribution in [3.8, 4) is 0 Å². The molecular formula is C22H17N3O3. The first kappa shape index (κ1) is 17.6. The molecule has 4 aromatic rings. The number of benzene rings is 2. The number of pyridine rings is 1. The van der Waals surface area contributed by atoms with Gasteiger partial charge in [0.25, 0.3) is 5.56 Å². The maximum absolute atomic E-state index is 12.8. The second kappa shape index (κ2) is 7.84. The Morgan fingerprint density at radius 3 is 2.36 bits per heavy atom. The van der Waals surface area contributed by atoms with Gasteiger partial charge in [0.1, 0.15) is 6.61 Å². The maximum Gasteiger partial charge on any atom is 0.359 e. The summed E-state index contributed by atoms with van der Waals surface area (Å²) in [5.74, 6) is -0.582. The summed E-state index contributed by atoms with van der Waals surface area (Å²) >= 11 is 0. The van der Waals surface area contributed by atoms with E-state index in [0.717, 1.165) is 11.1 Å². The van der Waals surface area contributed by atoms with Gasteiger partial charge in [-0.15, -0.1) is 0 Å². The molecule has 0 spiro atoms. The largest absolute Gasteiger partial charge is 0.456 e. The van der Waals surface area contributed by atoms with E-state index in [9.17, 15) is 9.59 Å². The molecule has 0 aliphatic rings. The fraction of sp³-hybridized carbons (Fsp3) is 0.0909. The lowest BCUT2D eigenvalue weighted by Gasteiger charge is -2.11. The molecule has 0 aliphatic carbocycles. The van der Waals surface area contributed by atoms with Crippen molar-refractivity contribution in [2.75, 3.05) is 0 Å². The monoisotopic (exact) mass is 371 g/mol. The Balaban J connectivity index is 1.71. The van der Waals surface area contributed by atoms with Gasteiger partial charge in [0.2, 0.25) is 0 Å². The van der Waals surface area contributed by atoms with E-state index in [-0.39, 0.29) is 24.4 Å². The highest BCUT2D eigenvalue weighted by molar-refractivity contribution is 6.02. The van der Waals surface area contributed by atoms with Crippen molar-refractivity contribution in [3.63, 3.8) is 0 Å². The minimum Gasteiger partial charge on any atom is -0.456 e. The molecule has 138 valence electrons. The number of hydrogen-bond donors (Lipinski definition) is 0. The lowest BCUT2D eigenvalue weighted by atomic mass is 10.1. The van der Waals surface area contributed by atoms with Crippen molar-refractivity contribution in [1.29, 1.82) is 0 Å². The summed E-state index contributed by atoms with van der Waals surface area (Å²) in [4.78, 5) is 29.6. The Morgan fingerprint density at radius 2 is 1.61 bits per heavy atom. The van der Waals surface area contributed by atoms with Crippen LogP contribution in [0.5, 0.6) is 0 Å². The number of esters is 1. The average molecular weight is 371 g/mol. The highest BCUT2D eigenvalue weighted by Crippen LogP contribution is 2.15. The zero-order valence-corrected chi connectivity index (χ0v) is 15.0. The summed E-state index contributed by atoms with van der Waals surface area (Å²) in [6, 6.07) is 20.0. The lowest BCUT2D eigenvalue weighted by Crippen LogP contribution is -2.27. The second-order valence-corrected chi connectivity index (χ2v) is 6.28. The van der Waals surface area contributed by atoms with Crippen LogP contribution in [0.2, 0.25) is 0 Å². The van der Waals surface area contributed by atoms with E-state index in [1.807, 2.05) is 36.4 Å². The third-order valence-electron chi connectivity index (χ3n) is 4.33. The van der Waals surface area contributed by atoms with Gasteiger partial charge in [0, 0.05) is 23.3 Å². The van der Waals surface area contributed by atoms with Crippen LogP contribution in [0.4, 0.5) is 0 Å². The van der Waals surface area contributed by atoms with Crippen LogP contribution >= 0.6 is 0 Å². The number of ether oxygens (including phenoxy) is 1. The lowest BCUT2D eigenvalue weighted by molar-refractivity contribution is 0.0465. The number of hydrogen-bond acceptors (Lipinski definition) is 5. The number of fused-ring (bicyclic) bond motifs is 1. The van der Waals surface area contributed by atoms with Gasteiger partial charge in [-0.2, -0.15) is 5.10 Å². The Hall–Kier alpha value is -3.80. The number of carbonyl (C=O) groups excluding carboxylic acids is 1. The molecule has 0 saturated heterocycles. The fourth-order valence-corrected chi connectivity index (χ4v) is 2.95. The van der Waals surface area contributed by atoms with Crippen molar-refractivity contribution < 1.29 is 9.53 Å². The molecule has 4 rings (SSSR count). The van der Waals surface area contributed by atoms with Gasteiger partial charge in [-0.05, 0) is 17.7 Å². The molecule has 6 heteroatoms. The van der Waals surface area contributed by atoms with E-state index in [2.05, 4.69) is 10.1 Å². The van der Waals surface area contributed by atoms with Crippen LogP contribution in [0.1, 0.15) is 21.6 Å². The Morgan fingerprint density at radius 1 is 0.893 bits per heavy atom. The van der Waals surface area contributed by atoms with Crippen LogP contribution in [0.25, 0.3) is 10.8 Å². The molecular weight excluding hydrogens is 354 g/mol. The van der Waals surface area contributed by atoms with Gasteiger partial charge in [0.05, 0.1) is 11.9 Å². The van der Waals surface area contributed by atoms with E-state index in [1.165, 1.54) is 4.68 Å². The fourth-order valence-electron chi connectivity index (χ4n) is 2.95. The topological polar surface area (TPSA) is 74.1 Å². The van der Waals surface area contributed by atoms with Crippen LogP contribution in [0, 0.1) is 0 Å². The van der Waals surface area contributed by atoms with Crippen molar-refractivity contribution in [3.05, 3.63) is 106 Å². The van der Waals surface area contributed by atoms with Crippen LogP contribution < -0.4 is 5.56 Å². The van der Waals surface area contributed by atoms with Crippen LogP contribution in [-0.2, 0) is 17.9 Å². The Labute approximate surface area is 161 Å². The highest BCUT2D eigenvalue weighted by atomic mass is 16.5. The van der Waals surface area contributed by atoms with Crippen molar-refractivity contribution >= 4 is 16.7 Å². The minimum absolute atomic E-state index is 0.0838. The Kier molecular flexibility index (Phi) is 4.93. The van der Waals surface area contributed by atoms with E-state index >= 15 is 0 Å². The van der Waals surface area contributed by atoms with E-state index < -0.39 is 5.97 Å². The molecule has 0 aliphatic heterocycles. The first-order chi connectivity index (χ1) is 13.7. The van der Waals surface area contributed by atoms with E-state index in [4.69, 9.17) is 4.74 Å². The predicted molar refractivity (Wildman–Crippen MR) is 105 cm³/mol. The van der Waals surface area contributed by atoms with E-state index in [0.29, 0.717) is 10.8 Å². The quantitative estimate of drug-likeness (QED) is 0.504. The van der Waals surface area contributed by atoms with Gasteiger partial charge in [-0.3, -0.25) is 9.78 Å². The third kappa shape index (κ3) is 3.66. The van der Waals surface area contributed by atoms with Crippen molar-refractivity contribution in [1.82, 2.24) is 14.8 Å². The standard InChI is InChI=1S/C22H17N3O3/c26-21-19-11-5-4-10-18(19)20(22(27)28-15-17-9-6-12-23-13-17)24-25(21)14-16-7-2-1-3-8-16/h1-13H,14-15H2. The second-order valence-electron chi connectivity index (χ2n) is 6.28. The molecule has 0 radical (unpaired) electrons. The van der Waals surface area contributed by atoms with Gasteiger partial charge in [0.15, 0.2) is 5.69 Å². The first-order valence-electron chi connectivity index (χ1n) is 8.82. The molecule has 2 aromatic carbocycles. The molecule has 0 fully saturated rings. The molecule has 0 bridgehead atoms. The van der Waals surface area contributed by atoms with Gasteiger partial charge in [-0.25, -0.2) is 9.48 Å². The number of rotatable bonds is 5. The summed E-state index contributed by atoms with van der Waals surface area (Å²) in [6.07, 6.45) is 3.29. The number of nitrogens with zero attached hydrogens (tertiary/aromatic N) is 3. The minimum atomic E-state index is -0.582. The molecule has 2 heterocycles. The maximum atomic E-state index is 12.8. The molecule has 0 unspecified atom stereocenters. The van der Waals surface area contributed by atoms with Crippen LogP contribution in [0.15, 0.2) is 83.9 Å². The summed E-state index contributed by atoms with van der Waals surface area (Å²) in [7, 11) is 0. The molecule has 6 nitrogen and oxygen atoms in total. The van der Waals surface area contributed by atoms with Crippen molar-refractivity contribution in [2.24, 2.45) is 0 Å². The molecule has 0 amide bonds. The third-order valence-corrected chi connectivity index (χ3v) is 4.33. The molecule has 0 saturated carbocycles. The zero-order chi connectivity index (χ0) is 19.3. The molecule has 0 N–H and O–H groups in total. The van der Waals surface area contributed by atoms with E-state index in [1.54, 1.807) is 42.7 Å². The SMILES string of the molecule is O=C(OCc1cccnc1)c1nn(Cc2ccccc2)c(=O)c2ccccc12. The predicted octanol–water partition coefficient (Wildman–Crippen LogP) is 3.20. The van der Waals surface area contributed by atoms with Crippen LogP contribution in [0.3, 0.4) is 0 Å². The summed E-state index contributed by atoms with van der Waals surface area (Å²) in [6.45, 7) is 0.355. The normalized spacial score (nSPS) is 10.7.